The topological polar surface area (TPSA) is 54.3 Å². The molecule has 6 nitrogen and oxygen atoms in total. The van der Waals surface area contributed by atoms with Crippen LogP contribution in [-0.2, 0) is 18.0 Å². The molecule has 0 bridgehead atoms. The molecule has 0 atom stereocenters. The molecule has 3 rings (SSSR count). The maximum Gasteiger partial charge on any atom is 0.417 e. The molecule has 0 saturated carbocycles. The van der Waals surface area contributed by atoms with Crippen molar-refractivity contribution in [3.05, 3.63) is 45.9 Å². The summed E-state index contributed by atoms with van der Waals surface area (Å²) in [5.41, 5.74) is 1.85. The van der Waals surface area contributed by atoms with Crippen molar-refractivity contribution in [1.29, 1.82) is 0 Å². The molecule has 1 aliphatic heterocycles. The number of carbonyl (C=O) groups excluding carboxylic acids is 1. The van der Waals surface area contributed by atoms with Gasteiger partial charge in [-0.2, -0.15) is 18.3 Å². The fourth-order valence-electron chi connectivity index (χ4n) is 3.25. The number of piperazine rings is 1. The molecule has 0 radical (unpaired) electrons. The molecule has 1 amide bonds. The van der Waals surface area contributed by atoms with Crippen molar-refractivity contribution in [2.75, 3.05) is 31.1 Å². The number of anilines is 1. The Morgan fingerprint density at radius 1 is 1.21 bits per heavy atom. The van der Waals surface area contributed by atoms with Gasteiger partial charge in [0.2, 0.25) is 5.91 Å². The number of halogens is 4. The van der Waals surface area contributed by atoms with E-state index < -0.39 is 11.7 Å². The summed E-state index contributed by atoms with van der Waals surface area (Å²) in [6, 6.07) is 0.878. The Bertz CT molecular complexity index is 946. The minimum Gasteiger partial charge on any atom is -0.352 e. The first-order chi connectivity index (χ1) is 13.6. The number of nitrogens with zero attached hydrogens (tertiary/aromatic N) is 5. The number of aryl methyl sites for hydroxylation is 2. The Hall–Kier alpha value is -2.55. The lowest BCUT2D eigenvalue weighted by Gasteiger charge is -2.35. The van der Waals surface area contributed by atoms with Crippen LogP contribution in [0.2, 0.25) is 5.02 Å². The summed E-state index contributed by atoms with van der Waals surface area (Å²) in [6.45, 7) is 5.53. The Labute approximate surface area is 171 Å². The van der Waals surface area contributed by atoms with Gasteiger partial charge in [-0.25, -0.2) is 4.98 Å². The highest BCUT2D eigenvalue weighted by Crippen LogP contribution is 2.33. The van der Waals surface area contributed by atoms with Crippen molar-refractivity contribution < 1.29 is 18.0 Å². The fourth-order valence-corrected chi connectivity index (χ4v) is 3.53. The van der Waals surface area contributed by atoms with Crippen LogP contribution in [0.4, 0.5) is 19.0 Å². The van der Waals surface area contributed by atoms with Gasteiger partial charge in [-0.05, 0) is 26.0 Å². The highest BCUT2D eigenvalue weighted by molar-refractivity contribution is 6.33. The third-order valence-electron chi connectivity index (χ3n) is 5.00. The maximum absolute atomic E-state index is 12.8. The summed E-state index contributed by atoms with van der Waals surface area (Å²) in [6.07, 6.45) is -0.422. The van der Waals surface area contributed by atoms with E-state index in [9.17, 15) is 18.0 Å². The van der Waals surface area contributed by atoms with Gasteiger partial charge in [-0.1, -0.05) is 11.6 Å². The van der Waals surface area contributed by atoms with Crippen molar-refractivity contribution in [1.82, 2.24) is 19.7 Å². The normalized spacial score (nSPS) is 15.4. The molecule has 0 N–H and O–H groups in total. The number of hydrogen-bond acceptors (Lipinski definition) is 4. The molecule has 0 unspecified atom stereocenters. The van der Waals surface area contributed by atoms with Crippen molar-refractivity contribution in [3.63, 3.8) is 0 Å². The number of pyridine rings is 1. The second-order valence-electron chi connectivity index (χ2n) is 6.88. The van der Waals surface area contributed by atoms with E-state index in [0.717, 1.165) is 29.2 Å². The highest BCUT2D eigenvalue weighted by Gasteiger charge is 2.32. The predicted octanol–water partition coefficient (Wildman–Crippen LogP) is 3.47. The molecule has 2 aromatic heterocycles. The van der Waals surface area contributed by atoms with Gasteiger partial charge in [-0.3, -0.25) is 9.48 Å². The minimum absolute atomic E-state index is 0.0537. The predicted molar refractivity (Wildman–Crippen MR) is 105 cm³/mol. The van der Waals surface area contributed by atoms with Gasteiger partial charge in [-0.15, -0.1) is 0 Å². The Balaban J connectivity index is 1.63. The van der Waals surface area contributed by atoms with Crippen molar-refractivity contribution in [2.24, 2.45) is 7.05 Å². The van der Waals surface area contributed by atoms with Gasteiger partial charge in [0, 0.05) is 56.8 Å². The number of carbonyl (C=O) groups is 1. The molecule has 1 saturated heterocycles. The maximum atomic E-state index is 12.8. The summed E-state index contributed by atoms with van der Waals surface area (Å²) < 4.78 is 40.0. The molecule has 1 fully saturated rings. The van der Waals surface area contributed by atoms with Crippen LogP contribution in [0.15, 0.2) is 18.3 Å². The van der Waals surface area contributed by atoms with Crippen LogP contribution in [0.1, 0.15) is 22.5 Å². The van der Waals surface area contributed by atoms with E-state index in [1.165, 1.54) is 6.08 Å². The van der Waals surface area contributed by atoms with Gasteiger partial charge in [0.25, 0.3) is 0 Å². The van der Waals surface area contributed by atoms with Gasteiger partial charge >= 0.3 is 6.18 Å². The van der Waals surface area contributed by atoms with Gasteiger partial charge in [0.15, 0.2) is 0 Å². The van der Waals surface area contributed by atoms with Crippen LogP contribution in [0.5, 0.6) is 0 Å². The lowest BCUT2D eigenvalue weighted by atomic mass is 10.2. The zero-order chi connectivity index (χ0) is 21.3. The number of amides is 1. The minimum atomic E-state index is -4.49. The second kappa shape index (κ2) is 8.06. The standard InChI is InChI=1S/C19H21ClF3N5O/c1-12-15(13(2)26(3)25-12)4-5-17(29)27-6-8-28(9-7-27)18-16(20)10-14(11-24-18)19(21,22)23/h4-5,10-11H,6-9H2,1-3H3/b5-4+. The van der Waals surface area contributed by atoms with Gasteiger partial charge in [0.1, 0.15) is 5.82 Å². The fraction of sp³-hybridized carbons (Fsp3) is 0.421. The first-order valence-electron chi connectivity index (χ1n) is 9.03. The van der Waals surface area contributed by atoms with Crippen molar-refractivity contribution in [3.8, 4) is 0 Å². The van der Waals surface area contributed by atoms with Crippen LogP contribution >= 0.6 is 11.6 Å². The first kappa shape index (κ1) is 21.2. The molecule has 1 aliphatic rings. The molecule has 29 heavy (non-hydrogen) atoms. The molecule has 0 aliphatic carbocycles. The summed E-state index contributed by atoms with van der Waals surface area (Å²) >= 11 is 6.01. The second-order valence-corrected chi connectivity index (χ2v) is 7.29. The van der Waals surface area contributed by atoms with E-state index in [-0.39, 0.29) is 10.9 Å². The largest absolute Gasteiger partial charge is 0.417 e. The smallest absolute Gasteiger partial charge is 0.352 e. The molecule has 3 heterocycles. The first-order valence-corrected chi connectivity index (χ1v) is 9.40. The summed E-state index contributed by atoms with van der Waals surface area (Å²) in [5, 5.41) is 4.26. The molecular formula is C19H21ClF3N5O. The van der Waals surface area contributed by atoms with E-state index in [4.69, 9.17) is 11.6 Å². The third kappa shape index (κ3) is 4.55. The van der Waals surface area contributed by atoms with E-state index in [1.807, 2.05) is 20.9 Å². The average molecular weight is 428 g/mol. The van der Waals surface area contributed by atoms with Crippen LogP contribution in [0, 0.1) is 13.8 Å². The highest BCUT2D eigenvalue weighted by atomic mass is 35.5. The van der Waals surface area contributed by atoms with Crippen LogP contribution in [0.3, 0.4) is 0 Å². The summed E-state index contributed by atoms with van der Waals surface area (Å²) in [5.74, 6) is 0.169. The quantitative estimate of drug-likeness (QED) is 0.704. The lowest BCUT2D eigenvalue weighted by Crippen LogP contribution is -2.48. The van der Waals surface area contributed by atoms with Crippen molar-refractivity contribution >= 4 is 29.4 Å². The van der Waals surface area contributed by atoms with E-state index in [0.29, 0.717) is 32.0 Å². The molecule has 0 aromatic carbocycles. The van der Waals surface area contributed by atoms with E-state index in [2.05, 4.69) is 10.1 Å². The average Bonchev–Trinajstić information content (AvgIpc) is 2.91. The number of aromatic nitrogens is 3. The molecule has 0 spiro atoms. The van der Waals surface area contributed by atoms with Crippen LogP contribution < -0.4 is 4.90 Å². The summed E-state index contributed by atoms with van der Waals surface area (Å²) in [7, 11) is 1.85. The number of hydrogen-bond donors (Lipinski definition) is 0. The third-order valence-corrected chi connectivity index (χ3v) is 5.28. The number of rotatable bonds is 3. The molecule has 10 heteroatoms. The van der Waals surface area contributed by atoms with Crippen molar-refractivity contribution in [2.45, 2.75) is 20.0 Å². The Morgan fingerprint density at radius 3 is 2.38 bits per heavy atom. The lowest BCUT2D eigenvalue weighted by molar-refractivity contribution is -0.137. The van der Waals surface area contributed by atoms with E-state index in [1.54, 1.807) is 20.6 Å². The summed E-state index contributed by atoms with van der Waals surface area (Å²) in [4.78, 5) is 19.8. The van der Waals surface area contributed by atoms with Gasteiger partial charge < -0.3 is 9.80 Å². The SMILES string of the molecule is Cc1nn(C)c(C)c1/C=C/C(=O)N1CCN(c2ncc(C(F)(F)F)cc2Cl)CC1. The Kier molecular flexibility index (Phi) is 5.88. The van der Waals surface area contributed by atoms with Gasteiger partial charge in [0.05, 0.1) is 16.3 Å². The van der Waals surface area contributed by atoms with Crippen LogP contribution in [-0.4, -0.2) is 51.8 Å². The molecule has 2 aromatic rings. The van der Waals surface area contributed by atoms with E-state index >= 15 is 0 Å². The number of alkyl halides is 3. The van der Waals surface area contributed by atoms with Crippen LogP contribution in [0.25, 0.3) is 6.08 Å². The molecule has 156 valence electrons. The zero-order valence-electron chi connectivity index (χ0n) is 16.3. The zero-order valence-corrected chi connectivity index (χ0v) is 17.0. The Morgan fingerprint density at radius 2 is 1.86 bits per heavy atom. The molecular weight excluding hydrogens is 407 g/mol. The monoisotopic (exact) mass is 427 g/mol.